The third kappa shape index (κ3) is 6.81. The van der Waals surface area contributed by atoms with Crippen LogP contribution in [0.1, 0.15) is 71.4 Å². The lowest BCUT2D eigenvalue weighted by molar-refractivity contribution is 0.0691. The van der Waals surface area contributed by atoms with Gasteiger partial charge in [-0.2, -0.15) is 0 Å². The molecule has 11 heteroatoms. The maximum absolute atomic E-state index is 15.0. The molecule has 1 saturated heterocycles. The number of piperidine rings is 1. The maximum Gasteiger partial charge on any atom is 0.355 e. The normalized spacial score (nSPS) is 17.5. The van der Waals surface area contributed by atoms with Crippen molar-refractivity contribution in [2.24, 2.45) is 17.0 Å². The Balaban J connectivity index is 1.27. The van der Waals surface area contributed by atoms with E-state index in [4.69, 9.17) is 5.14 Å². The van der Waals surface area contributed by atoms with Crippen molar-refractivity contribution in [3.63, 3.8) is 0 Å². The number of primary sulfonamides is 1. The van der Waals surface area contributed by atoms with E-state index >= 15 is 0 Å². The minimum atomic E-state index is -4.20. The summed E-state index contributed by atoms with van der Waals surface area (Å²) < 4.78 is 40.6. The van der Waals surface area contributed by atoms with Crippen molar-refractivity contribution in [1.82, 2.24) is 14.5 Å². The van der Waals surface area contributed by atoms with E-state index in [1.165, 1.54) is 41.7 Å². The van der Waals surface area contributed by atoms with Crippen LogP contribution in [0.5, 0.6) is 0 Å². The van der Waals surface area contributed by atoms with Gasteiger partial charge >= 0.3 is 5.97 Å². The second-order valence-electron chi connectivity index (χ2n) is 12.7. The number of carboxylic acid groups (broad SMARTS) is 1. The largest absolute Gasteiger partial charge is 0.476 e. The van der Waals surface area contributed by atoms with Gasteiger partial charge in [-0.3, -0.25) is 4.57 Å². The summed E-state index contributed by atoms with van der Waals surface area (Å²) in [5, 5.41) is 16.8. The molecule has 0 amide bonds. The lowest BCUT2D eigenvalue weighted by atomic mass is 9.94. The highest BCUT2D eigenvalue weighted by Gasteiger charge is 2.31. The first-order valence-electron chi connectivity index (χ1n) is 15.7. The molecule has 3 aliphatic rings. The molecule has 0 spiro atoms. The number of thiazole rings is 1. The molecule has 0 radical (unpaired) electrons. The van der Waals surface area contributed by atoms with Crippen molar-refractivity contribution >= 4 is 27.3 Å². The van der Waals surface area contributed by atoms with E-state index in [0.29, 0.717) is 29.0 Å². The number of rotatable bonds is 9. The SMILES string of the molecule is NS(=O)(=O)c1ccc(Cc2c(-c3cccc(C#CC4CCN(C5CC5)CC4)c3)cn(-c3nc(C(=O)O)cs3)c2CC2CC2)cc1F. The molecule has 46 heavy (non-hydrogen) atoms. The van der Waals surface area contributed by atoms with Gasteiger partial charge in [-0.1, -0.05) is 30.0 Å². The summed E-state index contributed by atoms with van der Waals surface area (Å²) in [5.41, 5.74) is 5.29. The van der Waals surface area contributed by atoms with Crippen molar-refractivity contribution in [1.29, 1.82) is 0 Å². The number of sulfonamides is 1. The highest BCUT2D eigenvalue weighted by Crippen LogP contribution is 2.40. The number of nitrogens with two attached hydrogens (primary N) is 1. The molecule has 0 bridgehead atoms. The quantitative estimate of drug-likeness (QED) is 0.218. The number of carbonyl (C=O) groups is 1. The van der Waals surface area contributed by atoms with Gasteiger partial charge in [0.15, 0.2) is 10.8 Å². The topological polar surface area (TPSA) is 119 Å². The minimum Gasteiger partial charge on any atom is -0.476 e. The third-order valence-electron chi connectivity index (χ3n) is 9.19. The molecular formula is C35H35FN4O4S2. The first-order valence-corrected chi connectivity index (χ1v) is 18.1. The number of likely N-dealkylation sites (tertiary alicyclic amines) is 1. The van der Waals surface area contributed by atoms with Gasteiger partial charge in [0.1, 0.15) is 10.7 Å². The van der Waals surface area contributed by atoms with E-state index in [9.17, 15) is 22.7 Å². The van der Waals surface area contributed by atoms with E-state index < -0.39 is 26.7 Å². The first kappa shape index (κ1) is 30.8. The zero-order valence-corrected chi connectivity index (χ0v) is 26.9. The Labute approximate surface area is 272 Å². The van der Waals surface area contributed by atoms with Crippen LogP contribution in [-0.2, 0) is 22.9 Å². The maximum atomic E-state index is 15.0. The molecule has 238 valence electrons. The summed E-state index contributed by atoms with van der Waals surface area (Å²) in [5.74, 6) is 5.83. The molecule has 2 saturated carbocycles. The highest BCUT2D eigenvalue weighted by molar-refractivity contribution is 7.89. The van der Waals surface area contributed by atoms with E-state index in [1.54, 1.807) is 6.07 Å². The Morgan fingerprint density at radius 2 is 1.87 bits per heavy atom. The van der Waals surface area contributed by atoms with Gasteiger partial charge in [0.25, 0.3) is 0 Å². The summed E-state index contributed by atoms with van der Waals surface area (Å²) in [6.07, 6.45) is 10.1. The van der Waals surface area contributed by atoms with Gasteiger partial charge in [-0.25, -0.2) is 27.7 Å². The Kier molecular flexibility index (Phi) is 8.32. The zero-order valence-electron chi connectivity index (χ0n) is 25.3. The van der Waals surface area contributed by atoms with E-state index in [1.807, 2.05) is 29.0 Å². The summed E-state index contributed by atoms with van der Waals surface area (Å²) >= 11 is 1.26. The smallest absolute Gasteiger partial charge is 0.355 e. The second-order valence-corrected chi connectivity index (χ2v) is 15.1. The van der Waals surface area contributed by atoms with Crippen LogP contribution in [0.4, 0.5) is 4.39 Å². The molecule has 8 nitrogen and oxygen atoms in total. The van der Waals surface area contributed by atoms with Gasteiger partial charge in [0, 0.05) is 40.4 Å². The Morgan fingerprint density at radius 1 is 1.09 bits per heavy atom. The van der Waals surface area contributed by atoms with Crippen molar-refractivity contribution in [3.05, 3.63) is 87.9 Å². The lowest BCUT2D eigenvalue weighted by Crippen LogP contribution is -2.34. The molecule has 4 aromatic rings. The summed E-state index contributed by atoms with van der Waals surface area (Å²) in [6, 6.07) is 12.9. The molecule has 3 heterocycles. The molecule has 7 rings (SSSR count). The van der Waals surface area contributed by atoms with Crippen LogP contribution in [0.2, 0.25) is 0 Å². The number of aromatic nitrogens is 2. The van der Waals surface area contributed by atoms with Crippen molar-refractivity contribution < 1.29 is 22.7 Å². The Bertz CT molecular complexity index is 1970. The predicted molar refractivity (Wildman–Crippen MR) is 175 cm³/mol. The predicted octanol–water partition coefficient (Wildman–Crippen LogP) is 5.85. The van der Waals surface area contributed by atoms with Gasteiger partial charge in [-0.15, -0.1) is 11.3 Å². The molecule has 0 unspecified atom stereocenters. The van der Waals surface area contributed by atoms with Gasteiger partial charge in [0.05, 0.1) is 0 Å². The van der Waals surface area contributed by atoms with Gasteiger partial charge in [0.2, 0.25) is 10.0 Å². The van der Waals surface area contributed by atoms with Crippen LogP contribution >= 0.6 is 11.3 Å². The number of hydrogen-bond acceptors (Lipinski definition) is 6. The standard InChI is InChI=1S/C35H35FN4O4S2/c36-30-18-25(8-11-33(30)46(37,43)44)17-28-29(20-40(32(28)19-24-6-7-24)35-38-31(21-45-35)34(41)42)26-3-1-2-23(16-26)5-4-22-12-14-39(15-13-22)27-9-10-27/h1-3,8,11,16,18,20-22,24,27H,6-7,9-10,12-15,17,19H2,(H,41,42)(H2,37,43,44). The Hall–Kier alpha value is -3.82. The minimum absolute atomic E-state index is 0.0185. The summed E-state index contributed by atoms with van der Waals surface area (Å²) in [7, 11) is -4.20. The van der Waals surface area contributed by atoms with Crippen LogP contribution in [0, 0.1) is 29.5 Å². The third-order valence-corrected chi connectivity index (χ3v) is 11.0. The molecule has 0 atom stereocenters. The van der Waals surface area contributed by atoms with Gasteiger partial charge < -0.3 is 10.0 Å². The number of nitrogens with zero attached hydrogens (tertiary/aromatic N) is 3. The van der Waals surface area contributed by atoms with E-state index in [2.05, 4.69) is 27.8 Å². The Morgan fingerprint density at radius 3 is 2.52 bits per heavy atom. The molecular weight excluding hydrogens is 624 g/mol. The van der Waals surface area contributed by atoms with Crippen LogP contribution in [0.15, 0.2) is 58.9 Å². The summed E-state index contributed by atoms with van der Waals surface area (Å²) in [4.78, 5) is 18.1. The second kappa shape index (κ2) is 12.4. The van der Waals surface area contributed by atoms with Crippen LogP contribution in [0.25, 0.3) is 16.3 Å². The average molecular weight is 659 g/mol. The van der Waals surface area contributed by atoms with E-state index in [-0.39, 0.29) is 5.69 Å². The molecule has 3 fully saturated rings. The van der Waals surface area contributed by atoms with Crippen molar-refractivity contribution in [2.75, 3.05) is 13.1 Å². The van der Waals surface area contributed by atoms with Crippen molar-refractivity contribution in [3.8, 4) is 28.1 Å². The number of benzene rings is 2. The zero-order chi connectivity index (χ0) is 32.0. The van der Waals surface area contributed by atoms with Crippen LogP contribution in [0.3, 0.4) is 0 Å². The fourth-order valence-electron chi connectivity index (χ4n) is 6.38. The highest BCUT2D eigenvalue weighted by atomic mass is 32.2. The first-order chi connectivity index (χ1) is 22.1. The molecule has 3 N–H and O–H groups in total. The molecule has 1 aliphatic heterocycles. The lowest BCUT2D eigenvalue weighted by Gasteiger charge is -2.29. The molecule has 2 aliphatic carbocycles. The van der Waals surface area contributed by atoms with Crippen LogP contribution in [-0.4, -0.2) is 53.1 Å². The molecule has 2 aromatic carbocycles. The number of carboxylic acids is 1. The average Bonchev–Trinajstić information content (AvgIpc) is 3.95. The monoisotopic (exact) mass is 658 g/mol. The number of hydrogen-bond donors (Lipinski definition) is 2. The fourth-order valence-corrected chi connectivity index (χ4v) is 7.77. The fraction of sp³-hybridized carbons (Fsp3) is 0.371. The number of halogens is 1. The summed E-state index contributed by atoms with van der Waals surface area (Å²) in [6.45, 7) is 2.23. The molecule has 2 aromatic heterocycles. The van der Waals surface area contributed by atoms with Gasteiger partial charge in [-0.05, 0) is 111 Å². The van der Waals surface area contributed by atoms with Crippen molar-refractivity contribution in [2.45, 2.75) is 62.3 Å². The number of aromatic carboxylic acids is 1. The van der Waals surface area contributed by atoms with E-state index in [0.717, 1.165) is 79.2 Å². The van der Waals surface area contributed by atoms with Crippen LogP contribution < -0.4 is 5.14 Å².